The molecule has 0 aliphatic rings. The molecule has 0 N–H and O–H groups in total. The van der Waals surface area contributed by atoms with Crippen molar-refractivity contribution < 1.29 is 4.74 Å². The monoisotopic (exact) mass is 466 g/mol. The van der Waals surface area contributed by atoms with E-state index in [1.807, 2.05) is 29.1 Å². The average molecular weight is 466 g/mol. The van der Waals surface area contributed by atoms with Crippen LogP contribution in [0.2, 0.25) is 0 Å². The normalized spacial score (nSPS) is 11.3. The number of methoxy groups -OCH3 is 1. The van der Waals surface area contributed by atoms with Gasteiger partial charge in [0.1, 0.15) is 5.54 Å². The maximum atomic E-state index is 5.54. The van der Waals surface area contributed by atoms with Crippen LogP contribution in [-0.4, -0.2) is 16.9 Å². The van der Waals surface area contributed by atoms with Crippen LogP contribution >= 0.6 is 22.6 Å². The molecule has 27 heavy (non-hydrogen) atoms. The Bertz CT molecular complexity index is 918. The third-order valence-corrected chi connectivity index (χ3v) is 5.52. The number of hydrogen-bond donors (Lipinski definition) is 0. The van der Waals surface area contributed by atoms with Gasteiger partial charge in [-0.05, 0) is 39.3 Å². The van der Waals surface area contributed by atoms with Crippen molar-refractivity contribution in [3.05, 3.63) is 118 Å². The molecule has 0 saturated carbocycles. The van der Waals surface area contributed by atoms with E-state index in [-0.39, 0.29) is 0 Å². The van der Waals surface area contributed by atoms with Gasteiger partial charge in [0.05, 0.1) is 13.3 Å². The van der Waals surface area contributed by atoms with Gasteiger partial charge in [0, 0.05) is 0 Å². The van der Waals surface area contributed by atoms with Crippen LogP contribution in [0.15, 0.2) is 97.2 Å². The lowest BCUT2D eigenvalue weighted by atomic mass is 9.77. The first-order chi connectivity index (χ1) is 13.3. The van der Waals surface area contributed by atoms with E-state index < -0.39 is 5.54 Å². The predicted octanol–water partition coefficient (Wildman–Crippen LogP) is 5.34. The zero-order valence-electron chi connectivity index (χ0n) is 14.9. The third-order valence-electron chi connectivity index (χ3n) is 4.78. The lowest BCUT2D eigenvalue weighted by Crippen LogP contribution is -2.38. The summed E-state index contributed by atoms with van der Waals surface area (Å²) in [7, 11) is 1.68. The molecule has 0 radical (unpaired) electrons. The highest BCUT2D eigenvalue weighted by molar-refractivity contribution is 14.1. The Morgan fingerprint density at radius 3 is 1.48 bits per heavy atom. The SMILES string of the molecule is COc1cn(C(c2ccccc2)(c2ccccc2)c2ccccc2)nc1I. The molecular weight excluding hydrogens is 447 g/mol. The van der Waals surface area contributed by atoms with E-state index in [0.717, 1.165) is 26.1 Å². The van der Waals surface area contributed by atoms with Gasteiger partial charge in [0.2, 0.25) is 0 Å². The lowest BCUT2D eigenvalue weighted by molar-refractivity contribution is 0.408. The standard InChI is InChI=1S/C23H19IN2O/c1-27-21-17-26(25-22(21)24)23(18-11-5-2-6-12-18,19-13-7-3-8-14-19)20-15-9-4-10-16-20/h2-17H,1H3. The van der Waals surface area contributed by atoms with Gasteiger partial charge >= 0.3 is 0 Å². The lowest BCUT2D eigenvalue weighted by Gasteiger charge is -2.36. The van der Waals surface area contributed by atoms with Gasteiger partial charge < -0.3 is 4.74 Å². The first-order valence-corrected chi connectivity index (χ1v) is 9.81. The van der Waals surface area contributed by atoms with Gasteiger partial charge in [-0.15, -0.1) is 0 Å². The molecule has 0 unspecified atom stereocenters. The summed E-state index contributed by atoms with van der Waals surface area (Å²) in [5.74, 6) is 0.766. The molecule has 0 aliphatic heterocycles. The van der Waals surface area contributed by atoms with Crippen LogP contribution in [0.1, 0.15) is 16.7 Å². The highest BCUT2D eigenvalue weighted by atomic mass is 127. The zero-order valence-corrected chi connectivity index (χ0v) is 17.1. The fourth-order valence-electron chi connectivity index (χ4n) is 3.58. The molecule has 1 heterocycles. The van der Waals surface area contributed by atoms with Crippen molar-refractivity contribution in [1.29, 1.82) is 0 Å². The molecule has 4 heteroatoms. The topological polar surface area (TPSA) is 27.1 Å². The van der Waals surface area contributed by atoms with Gasteiger partial charge in [-0.2, -0.15) is 5.10 Å². The second-order valence-electron chi connectivity index (χ2n) is 6.24. The molecule has 3 nitrogen and oxygen atoms in total. The van der Waals surface area contributed by atoms with Crippen LogP contribution in [0.25, 0.3) is 0 Å². The molecule has 134 valence electrons. The third kappa shape index (κ3) is 3.04. The van der Waals surface area contributed by atoms with Crippen LogP contribution in [0.5, 0.6) is 5.75 Å². The van der Waals surface area contributed by atoms with Crippen molar-refractivity contribution in [2.45, 2.75) is 5.54 Å². The minimum atomic E-state index is -0.597. The number of hydrogen-bond acceptors (Lipinski definition) is 2. The molecule has 0 amide bonds. The zero-order chi connectivity index (χ0) is 18.7. The average Bonchev–Trinajstić information content (AvgIpc) is 3.12. The molecule has 0 bridgehead atoms. The number of halogens is 1. The number of nitrogens with zero attached hydrogens (tertiary/aromatic N) is 2. The molecule has 3 aromatic carbocycles. The van der Waals surface area contributed by atoms with Gasteiger partial charge in [-0.25, -0.2) is 4.68 Å². The Kier molecular flexibility index (Phi) is 4.99. The first-order valence-electron chi connectivity index (χ1n) is 8.73. The summed E-state index contributed by atoms with van der Waals surface area (Å²) in [5.41, 5.74) is 2.83. The van der Waals surface area contributed by atoms with Crippen LogP contribution in [0, 0.1) is 3.70 Å². The Labute approximate surface area is 172 Å². The molecule has 0 spiro atoms. The number of rotatable bonds is 5. The Morgan fingerprint density at radius 1 is 0.741 bits per heavy atom. The summed E-state index contributed by atoms with van der Waals surface area (Å²) in [6, 6.07) is 31.5. The summed E-state index contributed by atoms with van der Waals surface area (Å²) in [6.07, 6.45) is 1.98. The van der Waals surface area contributed by atoms with Crippen molar-refractivity contribution in [2.75, 3.05) is 7.11 Å². The van der Waals surface area contributed by atoms with Gasteiger partial charge in [-0.1, -0.05) is 91.0 Å². The molecular formula is C23H19IN2O. The van der Waals surface area contributed by atoms with Crippen LogP contribution in [-0.2, 0) is 5.54 Å². The highest BCUT2D eigenvalue weighted by Gasteiger charge is 2.39. The van der Waals surface area contributed by atoms with Crippen molar-refractivity contribution in [3.8, 4) is 5.75 Å². The Hall–Kier alpha value is -2.60. The Balaban J connectivity index is 2.12. The second kappa shape index (κ2) is 7.56. The van der Waals surface area contributed by atoms with E-state index >= 15 is 0 Å². The molecule has 0 saturated heterocycles. The Morgan fingerprint density at radius 2 is 1.15 bits per heavy atom. The minimum absolute atomic E-state index is 0.597. The highest BCUT2D eigenvalue weighted by Crippen LogP contribution is 2.41. The molecule has 0 atom stereocenters. The van der Waals surface area contributed by atoms with Crippen LogP contribution in [0.4, 0.5) is 0 Å². The second-order valence-corrected chi connectivity index (χ2v) is 7.26. The summed E-state index contributed by atoms with van der Waals surface area (Å²) in [5, 5.41) is 4.86. The van der Waals surface area contributed by atoms with Crippen molar-refractivity contribution in [2.24, 2.45) is 0 Å². The molecule has 0 aliphatic carbocycles. The maximum Gasteiger partial charge on any atom is 0.170 e. The largest absolute Gasteiger partial charge is 0.492 e. The van der Waals surface area contributed by atoms with Crippen LogP contribution < -0.4 is 4.74 Å². The summed E-state index contributed by atoms with van der Waals surface area (Å²) in [4.78, 5) is 0. The maximum absolute atomic E-state index is 5.54. The van der Waals surface area contributed by atoms with E-state index in [1.165, 1.54) is 0 Å². The summed E-state index contributed by atoms with van der Waals surface area (Å²) in [6.45, 7) is 0. The van der Waals surface area contributed by atoms with Gasteiger partial charge in [-0.3, -0.25) is 0 Å². The van der Waals surface area contributed by atoms with Crippen molar-refractivity contribution in [1.82, 2.24) is 9.78 Å². The smallest absolute Gasteiger partial charge is 0.170 e. The summed E-state index contributed by atoms with van der Waals surface area (Å²) < 4.78 is 8.39. The molecule has 1 aromatic heterocycles. The van der Waals surface area contributed by atoms with Crippen LogP contribution in [0.3, 0.4) is 0 Å². The number of aromatic nitrogens is 2. The molecule has 4 aromatic rings. The molecule has 0 fully saturated rings. The van der Waals surface area contributed by atoms with Gasteiger partial charge in [0.15, 0.2) is 9.45 Å². The fraction of sp³-hybridized carbons (Fsp3) is 0.0870. The van der Waals surface area contributed by atoms with Gasteiger partial charge in [0.25, 0.3) is 0 Å². The fourth-order valence-corrected chi connectivity index (χ4v) is 4.17. The summed E-state index contributed by atoms with van der Waals surface area (Å²) >= 11 is 2.22. The molecule has 4 rings (SSSR count). The predicted molar refractivity (Wildman–Crippen MR) is 116 cm³/mol. The van der Waals surface area contributed by atoms with E-state index in [2.05, 4.69) is 95.4 Å². The number of benzene rings is 3. The first kappa shape index (κ1) is 17.8. The quantitative estimate of drug-likeness (QED) is 0.294. The van der Waals surface area contributed by atoms with Crippen molar-refractivity contribution >= 4 is 22.6 Å². The van der Waals surface area contributed by atoms with E-state index in [1.54, 1.807) is 7.11 Å². The minimum Gasteiger partial charge on any atom is -0.492 e. The number of ether oxygens (including phenoxy) is 1. The van der Waals surface area contributed by atoms with E-state index in [9.17, 15) is 0 Å². The van der Waals surface area contributed by atoms with Crippen molar-refractivity contribution in [3.63, 3.8) is 0 Å². The van der Waals surface area contributed by atoms with E-state index in [0.29, 0.717) is 0 Å². The van der Waals surface area contributed by atoms with E-state index in [4.69, 9.17) is 9.84 Å².